The van der Waals surface area contributed by atoms with Crippen LogP contribution in [0.4, 0.5) is 4.39 Å². The molecule has 3 aromatic heterocycles. The van der Waals surface area contributed by atoms with Gasteiger partial charge in [-0.05, 0) is 75.8 Å². The Morgan fingerprint density at radius 3 is 2.61 bits per heavy atom. The van der Waals surface area contributed by atoms with E-state index in [9.17, 15) is 9.59 Å². The predicted molar refractivity (Wildman–Crippen MR) is 143 cm³/mol. The zero-order valence-corrected chi connectivity index (χ0v) is 22.0. The van der Waals surface area contributed by atoms with Crippen LogP contribution in [0.5, 0.6) is 0 Å². The van der Waals surface area contributed by atoms with Crippen LogP contribution in [0, 0.1) is 19.7 Å². The van der Waals surface area contributed by atoms with Gasteiger partial charge in [-0.3, -0.25) is 14.0 Å². The highest BCUT2D eigenvalue weighted by Gasteiger charge is 2.29. The molecule has 0 amide bonds. The summed E-state index contributed by atoms with van der Waals surface area (Å²) in [5, 5.41) is 0.277. The van der Waals surface area contributed by atoms with Gasteiger partial charge in [-0.2, -0.15) is 0 Å². The van der Waals surface area contributed by atoms with E-state index < -0.39 is 5.82 Å². The minimum absolute atomic E-state index is 0.00850. The van der Waals surface area contributed by atoms with Crippen LogP contribution >= 0.6 is 11.6 Å². The molecule has 2 atom stereocenters. The second kappa shape index (κ2) is 9.75. The maximum Gasteiger partial charge on any atom is 0.261 e. The van der Waals surface area contributed by atoms with Gasteiger partial charge in [-0.15, -0.1) is 0 Å². The number of pyridine rings is 1. The summed E-state index contributed by atoms with van der Waals surface area (Å²) in [6.07, 6.45) is 7.95. The fraction of sp³-hybridized carbons (Fsp3) is 0.379. The Balaban J connectivity index is 1.44. The highest BCUT2D eigenvalue weighted by molar-refractivity contribution is 6.30. The molecule has 1 saturated heterocycles. The van der Waals surface area contributed by atoms with Crippen molar-refractivity contribution in [3.8, 4) is 11.3 Å². The van der Waals surface area contributed by atoms with Gasteiger partial charge in [-0.1, -0.05) is 11.6 Å². The molecule has 0 N–H and O–H groups in total. The maximum atomic E-state index is 15.1. The lowest BCUT2D eigenvalue weighted by Crippen LogP contribution is -2.29. The number of halogens is 2. The van der Waals surface area contributed by atoms with Gasteiger partial charge in [0.1, 0.15) is 11.5 Å². The molecule has 1 aliphatic heterocycles. The minimum Gasteiger partial charge on any atom is -0.373 e. The van der Waals surface area contributed by atoms with Crippen molar-refractivity contribution in [3.63, 3.8) is 0 Å². The van der Waals surface area contributed by atoms with Crippen molar-refractivity contribution >= 4 is 17.2 Å². The first-order valence-electron chi connectivity index (χ1n) is 13.0. The Kier molecular flexibility index (Phi) is 6.40. The molecular formula is C29H28ClFN4O3. The molecule has 0 radical (unpaired) electrons. The number of nitrogens with zero attached hydrogens (tertiary/aromatic N) is 4. The number of aromatic nitrogens is 4. The van der Waals surface area contributed by atoms with Gasteiger partial charge in [0, 0.05) is 58.9 Å². The van der Waals surface area contributed by atoms with E-state index in [0.717, 1.165) is 24.8 Å². The monoisotopic (exact) mass is 534 g/mol. The molecule has 6 rings (SSSR count). The van der Waals surface area contributed by atoms with E-state index in [-0.39, 0.29) is 39.8 Å². The van der Waals surface area contributed by atoms with E-state index in [1.807, 2.05) is 16.8 Å². The van der Waals surface area contributed by atoms with Crippen molar-refractivity contribution in [2.45, 2.75) is 64.0 Å². The van der Waals surface area contributed by atoms with Crippen molar-refractivity contribution in [1.82, 2.24) is 18.9 Å². The van der Waals surface area contributed by atoms with E-state index in [1.54, 1.807) is 38.2 Å². The van der Waals surface area contributed by atoms with Crippen molar-refractivity contribution in [2.24, 2.45) is 0 Å². The van der Waals surface area contributed by atoms with Crippen LogP contribution in [0.2, 0.25) is 5.02 Å². The molecule has 2 fully saturated rings. The predicted octanol–water partition coefficient (Wildman–Crippen LogP) is 5.69. The first kappa shape index (κ1) is 24.9. The van der Waals surface area contributed by atoms with E-state index in [1.165, 1.54) is 10.5 Å². The minimum atomic E-state index is -0.528. The van der Waals surface area contributed by atoms with Crippen LogP contribution in [0.25, 0.3) is 16.9 Å². The molecule has 0 unspecified atom stereocenters. The third-order valence-corrected chi connectivity index (χ3v) is 8.22. The van der Waals surface area contributed by atoms with Gasteiger partial charge < -0.3 is 9.30 Å². The van der Waals surface area contributed by atoms with Gasteiger partial charge in [0.05, 0.1) is 11.8 Å². The Bertz CT molecular complexity index is 1680. The molecule has 0 bridgehead atoms. The normalized spacial score (nSPS) is 20.0. The van der Waals surface area contributed by atoms with Crippen molar-refractivity contribution in [3.05, 3.63) is 96.8 Å². The largest absolute Gasteiger partial charge is 0.373 e. The van der Waals surface area contributed by atoms with Crippen LogP contribution in [-0.4, -0.2) is 25.5 Å². The second-order valence-corrected chi connectivity index (χ2v) is 10.8. The van der Waals surface area contributed by atoms with Gasteiger partial charge in [0.15, 0.2) is 5.65 Å². The summed E-state index contributed by atoms with van der Waals surface area (Å²) in [7, 11) is 0. The number of aryl methyl sites for hydroxylation is 1. The second-order valence-electron chi connectivity index (χ2n) is 10.3. The number of hydrogen-bond acceptors (Lipinski definition) is 5. The van der Waals surface area contributed by atoms with Crippen LogP contribution in [0.3, 0.4) is 0 Å². The number of hydrogen-bond donors (Lipinski definition) is 0. The smallest absolute Gasteiger partial charge is 0.261 e. The number of fused-ring (bicyclic) bond motifs is 1. The van der Waals surface area contributed by atoms with Gasteiger partial charge in [0.2, 0.25) is 0 Å². The molecule has 0 spiro atoms. The van der Waals surface area contributed by atoms with Crippen molar-refractivity contribution in [1.29, 1.82) is 0 Å². The van der Waals surface area contributed by atoms with Crippen molar-refractivity contribution in [2.75, 3.05) is 6.61 Å². The quantitative estimate of drug-likeness (QED) is 0.336. The highest BCUT2D eigenvalue weighted by atomic mass is 35.5. The average Bonchev–Trinajstić information content (AvgIpc) is 2.87. The maximum absolute atomic E-state index is 15.1. The number of rotatable bonds is 4. The lowest BCUT2D eigenvalue weighted by Gasteiger charge is -2.32. The lowest BCUT2D eigenvalue weighted by atomic mass is 9.89. The zero-order valence-electron chi connectivity index (χ0n) is 21.3. The molecular weight excluding hydrogens is 507 g/mol. The van der Waals surface area contributed by atoms with E-state index in [0.29, 0.717) is 47.7 Å². The molecule has 9 heteroatoms. The molecule has 2 aliphatic rings. The Labute approximate surface area is 223 Å². The summed E-state index contributed by atoms with van der Waals surface area (Å²) in [5.41, 5.74) is 3.39. The molecule has 1 saturated carbocycles. The van der Waals surface area contributed by atoms with Crippen LogP contribution < -0.4 is 11.1 Å². The fourth-order valence-electron chi connectivity index (χ4n) is 5.37. The summed E-state index contributed by atoms with van der Waals surface area (Å²) in [4.78, 5) is 35.2. The molecule has 1 aromatic carbocycles. The third kappa shape index (κ3) is 4.35. The summed E-state index contributed by atoms with van der Waals surface area (Å²) < 4.78 is 24.5. The average molecular weight is 535 g/mol. The van der Waals surface area contributed by atoms with Crippen LogP contribution in [-0.2, 0) is 4.74 Å². The van der Waals surface area contributed by atoms with E-state index in [4.69, 9.17) is 21.3 Å². The SMILES string of the molecule is Cc1nc2c(-c3ccc(Cl)cc3F)nc([C@@H]3CCO[C@H](c4ccc(=O)n(C5CCC5)c4)C3)cn2c(=O)c1C. The molecule has 4 aromatic rings. The Hall–Kier alpha value is -3.36. The van der Waals surface area contributed by atoms with Crippen LogP contribution in [0.15, 0.2) is 52.3 Å². The fourth-order valence-corrected chi connectivity index (χ4v) is 5.53. The molecule has 1 aliphatic carbocycles. The first-order valence-corrected chi connectivity index (χ1v) is 13.4. The van der Waals surface area contributed by atoms with Gasteiger partial charge in [0.25, 0.3) is 11.1 Å². The Morgan fingerprint density at radius 1 is 1.05 bits per heavy atom. The van der Waals surface area contributed by atoms with E-state index in [2.05, 4.69) is 4.98 Å². The molecule has 7 nitrogen and oxygen atoms in total. The molecule has 196 valence electrons. The summed E-state index contributed by atoms with van der Waals surface area (Å²) in [6.45, 7) is 4.00. The lowest BCUT2D eigenvalue weighted by molar-refractivity contribution is 0.00403. The molecule has 4 heterocycles. The first-order chi connectivity index (χ1) is 18.3. The summed E-state index contributed by atoms with van der Waals surface area (Å²) >= 11 is 6.01. The number of benzene rings is 1. The zero-order chi connectivity index (χ0) is 26.6. The molecule has 38 heavy (non-hydrogen) atoms. The van der Waals surface area contributed by atoms with Crippen LogP contribution in [0.1, 0.15) is 72.7 Å². The number of ether oxygens (including phenoxy) is 1. The third-order valence-electron chi connectivity index (χ3n) is 7.99. The topological polar surface area (TPSA) is 78.5 Å². The standard InChI is InChI=1S/C29H28ClFN4O3/c1-16-17(2)32-28-27(22-8-7-20(30)13-23(22)31)33-24(15-35(28)29(16)37)18-10-11-38-25(12-18)19-6-9-26(36)34(14-19)21-4-3-5-21/h6-9,13-15,18,21,25H,3-5,10-12H2,1-2H3/t18-,25+/m1/s1. The van der Waals surface area contributed by atoms with Crippen molar-refractivity contribution < 1.29 is 9.13 Å². The highest BCUT2D eigenvalue weighted by Crippen LogP contribution is 2.39. The Morgan fingerprint density at radius 2 is 1.87 bits per heavy atom. The summed E-state index contributed by atoms with van der Waals surface area (Å²) in [6, 6.07) is 8.13. The van der Waals surface area contributed by atoms with E-state index >= 15 is 4.39 Å². The summed E-state index contributed by atoms with van der Waals surface area (Å²) in [5.74, 6) is -0.565. The van der Waals surface area contributed by atoms with Gasteiger partial charge in [-0.25, -0.2) is 14.4 Å². The van der Waals surface area contributed by atoms with Gasteiger partial charge >= 0.3 is 0 Å².